The summed E-state index contributed by atoms with van der Waals surface area (Å²) in [6, 6.07) is 25.5. The molecular formula is C23H21NO. The van der Waals surface area contributed by atoms with Crippen LogP contribution in [0.5, 0.6) is 0 Å². The summed E-state index contributed by atoms with van der Waals surface area (Å²) in [4.78, 5) is 0. The Bertz CT molecular complexity index is 985. The van der Waals surface area contributed by atoms with E-state index in [1.807, 2.05) is 12.1 Å². The summed E-state index contributed by atoms with van der Waals surface area (Å²) in [6.07, 6.45) is 3.83. The molecule has 1 N–H and O–H groups in total. The number of fused-ring (bicyclic) bond motifs is 1. The van der Waals surface area contributed by atoms with Crippen molar-refractivity contribution in [1.29, 1.82) is 0 Å². The Morgan fingerprint density at radius 3 is 2.52 bits per heavy atom. The summed E-state index contributed by atoms with van der Waals surface area (Å²) < 4.78 is 5.41. The minimum Gasteiger partial charge on any atom is -0.464 e. The Morgan fingerprint density at radius 2 is 1.64 bits per heavy atom. The molecule has 0 radical (unpaired) electrons. The van der Waals surface area contributed by atoms with E-state index in [4.69, 9.17) is 4.42 Å². The predicted molar refractivity (Wildman–Crippen MR) is 105 cm³/mol. The lowest BCUT2D eigenvalue weighted by Crippen LogP contribution is -1.97. The molecule has 0 aliphatic rings. The van der Waals surface area contributed by atoms with Gasteiger partial charge in [0.05, 0.1) is 6.26 Å². The average molecular weight is 327 g/mol. The molecule has 0 spiro atoms. The van der Waals surface area contributed by atoms with Crippen LogP contribution in [0.15, 0.2) is 83.5 Å². The minimum absolute atomic E-state index is 0.916. The highest BCUT2D eigenvalue weighted by Crippen LogP contribution is 2.26. The molecule has 25 heavy (non-hydrogen) atoms. The second-order valence-corrected chi connectivity index (χ2v) is 6.43. The van der Waals surface area contributed by atoms with Gasteiger partial charge in [0.25, 0.3) is 0 Å². The SMILES string of the molecule is Cc1ccc(CCc2ccccc2)cc1Nc1ccc2occc2c1. The first-order valence-electron chi connectivity index (χ1n) is 8.66. The van der Waals surface area contributed by atoms with E-state index in [9.17, 15) is 0 Å². The maximum atomic E-state index is 5.41. The molecule has 0 unspecified atom stereocenters. The van der Waals surface area contributed by atoms with Crippen LogP contribution < -0.4 is 5.32 Å². The fourth-order valence-corrected chi connectivity index (χ4v) is 3.09. The first-order valence-corrected chi connectivity index (χ1v) is 8.66. The number of benzene rings is 3. The van der Waals surface area contributed by atoms with Crippen LogP contribution in [0.4, 0.5) is 11.4 Å². The van der Waals surface area contributed by atoms with Crippen molar-refractivity contribution in [3.63, 3.8) is 0 Å². The number of rotatable bonds is 5. The van der Waals surface area contributed by atoms with Crippen molar-refractivity contribution in [3.05, 3.63) is 95.7 Å². The highest BCUT2D eigenvalue weighted by Gasteiger charge is 2.04. The third kappa shape index (κ3) is 3.58. The van der Waals surface area contributed by atoms with Gasteiger partial charge in [0.15, 0.2) is 0 Å². The number of nitrogens with one attached hydrogen (secondary N) is 1. The van der Waals surface area contributed by atoms with E-state index >= 15 is 0 Å². The zero-order valence-corrected chi connectivity index (χ0v) is 14.3. The maximum Gasteiger partial charge on any atom is 0.133 e. The van der Waals surface area contributed by atoms with Crippen LogP contribution in [0.1, 0.15) is 16.7 Å². The second-order valence-electron chi connectivity index (χ2n) is 6.43. The Balaban J connectivity index is 1.52. The summed E-state index contributed by atoms with van der Waals surface area (Å²) >= 11 is 0. The molecule has 4 aromatic rings. The lowest BCUT2D eigenvalue weighted by atomic mass is 10.0. The van der Waals surface area contributed by atoms with Gasteiger partial charge in [-0.1, -0.05) is 42.5 Å². The molecule has 0 saturated carbocycles. The Kier molecular flexibility index (Phi) is 4.26. The van der Waals surface area contributed by atoms with E-state index in [-0.39, 0.29) is 0 Å². The zero-order chi connectivity index (χ0) is 17.1. The van der Waals surface area contributed by atoms with Crippen molar-refractivity contribution in [1.82, 2.24) is 0 Å². The third-order valence-corrected chi connectivity index (χ3v) is 4.58. The van der Waals surface area contributed by atoms with Gasteiger partial charge in [-0.25, -0.2) is 0 Å². The van der Waals surface area contributed by atoms with Crippen molar-refractivity contribution in [3.8, 4) is 0 Å². The topological polar surface area (TPSA) is 25.2 Å². The first-order chi connectivity index (χ1) is 12.3. The van der Waals surface area contributed by atoms with Crippen LogP contribution in [0, 0.1) is 6.92 Å². The molecule has 2 nitrogen and oxygen atoms in total. The van der Waals surface area contributed by atoms with E-state index < -0.39 is 0 Å². The molecule has 1 heterocycles. The molecule has 1 aromatic heterocycles. The van der Waals surface area contributed by atoms with Crippen LogP contribution in [0.3, 0.4) is 0 Å². The molecule has 0 amide bonds. The summed E-state index contributed by atoms with van der Waals surface area (Å²) in [6.45, 7) is 2.14. The summed E-state index contributed by atoms with van der Waals surface area (Å²) in [5, 5.41) is 4.66. The summed E-state index contributed by atoms with van der Waals surface area (Å²) in [7, 11) is 0. The summed E-state index contributed by atoms with van der Waals surface area (Å²) in [5.41, 5.74) is 7.13. The lowest BCUT2D eigenvalue weighted by molar-refractivity contribution is 0.616. The molecular weight excluding hydrogens is 306 g/mol. The van der Waals surface area contributed by atoms with Gasteiger partial charge in [-0.15, -0.1) is 0 Å². The van der Waals surface area contributed by atoms with Gasteiger partial charge in [-0.3, -0.25) is 0 Å². The molecule has 3 aromatic carbocycles. The second kappa shape index (κ2) is 6.86. The fourth-order valence-electron chi connectivity index (χ4n) is 3.09. The van der Waals surface area contributed by atoms with Crippen LogP contribution in [0.2, 0.25) is 0 Å². The van der Waals surface area contributed by atoms with E-state index in [1.54, 1.807) is 6.26 Å². The van der Waals surface area contributed by atoms with Crippen LogP contribution in [-0.2, 0) is 12.8 Å². The molecule has 0 atom stereocenters. The molecule has 0 fully saturated rings. The number of hydrogen-bond donors (Lipinski definition) is 1. The van der Waals surface area contributed by atoms with Gasteiger partial charge in [-0.05, 0) is 66.8 Å². The van der Waals surface area contributed by atoms with Crippen molar-refractivity contribution in [2.45, 2.75) is 19.8 Å². The largest absolute Gasteiger partial charge is 0.464 e. The molecule has 0 saturated heterocycles. The Hall–Kier alpha value is -3.00. The first kappa shape index (κ1) is 15.5. The van der Waals surface area contributed by atoms with Crippen molar-refractivity contribution < 1.29 is 4.42 Å². The quantitative estimate of drug-likeness (QED) is 0.467. The zero-order valence-electron chi connectivity index (χ0n) is 14.3. The minimum atomic E-state index is 0.916. The van der Waals surface area contributed by atoms with Gasteiger partial charge < -0.3 is 9.73 Å². The smallest absolute Gasteiger partial charge is 0.133 e. The predicted octanol–water partition coefficient (Wildman–Crippen LogP) is 6.27. The maximum absolute atomic E-state index is 5.41. The standard InChI is InChI=1S/C23H21NO/c1-17-7-8-19(10-9-18-5-3-2-4-6-18)15-22(17)24-21-11-12-23-20(16-21)13-14-25-23/h2-8,11-16,24H,9-10H2,1H3. The molecule has 0 aliphatic carbocycles. The van der Waals surface area contributed by atoms with Gasteiger partial charge in [0, 0.05) is 16.8 Å². The van der Waals surface area contributed by atoms with Gasteiger partial charge >= 0.3 is 0 Å². The molecule has 0 bridgehead atoms. The lowest BCUT2D eigenvalue weighted by Gasteiger charge is -2.12. The number of furan rings is 1. The fraction of sp³-hybridized carbons (Fsp3) is 0.130. The van der Waals surface area contributed by atoms with Crippen molar-refractivity contribution in [2.24, 2.45) is 0 Å². The highest BCUT2D eigenvalue weighted by molar-refractivity contribution is 5.82. The van der Waals surface area contributed by atoms with Crippen molar-refractivity contribution in [2.75, 3.05) is 5.32 Å². The average Bonchev–Trinajstić information content (AvgIpc) is 3.11. The normalized spacial score (nSPS) is 10.9. The number of anilines is 2. The van der Waals surface area contributed by atoms with Gasteiger partial charge in [0.2, 0.25) is 0 Å². The Labute approximate surface area is 148 Å². The van der Waals surface area contributed by atoms with Crippen LogP contribution in [-0.4, -0.2) is 0 Å². The monoisotopic (exact) mass is 327 g/mol. The van der Waals surface area contributed by atoms with E-state index in [0.717, 1.165) is 35.2 Å². The molecule has 2 heteroatoms. The molecule has 4 rings (SSSR count). The van der Waals surface area contributed by atoms with E-state index in [2.05, 4.69) is 72.9 Å². The number of hydrogen-bond acceptors (Lipinski definition) is 2. The van der Waals surface area contributed by atoms with E-state index in [0.29, 0.717) is 0 Å². The van der Waals surface area contributed by atoms with Gasteiger partial charge in [-0.2, -0.15) is 0 Å². The summed E-state index contributed by atoms with van der Waals surface area (Å²) in [5.74, 6) is 0. The van der Waals surface area contributed by atoms with E-state index in [1.165, 1.54) is 16.7 Å². The molecule has 0 aliphatic heterocycles. The highest BCUT2D eigenvalue weighted by atomic mass is 16.3. The van der Waals surface area contributed by atoms with Crippen LogP contribution >= 0.6 is 0 Å². The molecule has 124 valence electrons. The number of aryl methyl sites for hydroxylation is 3. The van der Waals surface area contributed by atoms with Crippen molar-refractivity contribution >= 4 is 22.3 Å². The third-order valence-electron chi connectivity index (χ3n) is 4.58. The van der Waals surface area contributed by atoms with Crippen LogP contribution in [0.25, 0.3) is 11.0 Å². The van der Waals surface area contributed by atoms with Gasteiger partial charge in [0.1, 0.15) is 5.58 Å². The Morgan fingerprint density at radius 1 is 0.800 bits per heavy atom.